The van der Waals surface area contributed by atoms with Crippen LogP contribution in [-0.4, -0.2) is 28.1 Å². The first kappa shape index (κ1) is 13.0. The van der Waals surface area contributed by atoms with E-state index in [0.717, 1.165) is 12.2 Å². The van der Waals surface area contributed by atoms with Crippen molar-refractivity contribution in [3.63, 3.8) is 0 Å². The van der Waals surface area contributed by atoms with Gasteiger partial charge in [0.15, 0.2) is 0 Å². The Labute approximate surface area is 98.1 Å². The Hall–Kier alpha value is -1.09. The molecule has 0 spiro atoms. The summed E-state index contributed by atoms with van der Waals surface area (Å²) in [6, 6.07) is 4.02. The molecule has 0 aliphatic carbocycles. The molecule has 0 radical (unpaired) electrons. The normalized spacial score (nSPS) is 14.1. The lowest BCUT2D eigenvalue weighted by Gasteiger charge is -2.35. The predicted molar refractivity (Wildman–Crippen MR) is 66.3 cm³/mol. The molecule has 0 aliphatic heterocycles. The molecule has 1 atom stereocenters. The minimum absolute atomic E-state index is 0.218. The van der Waals surface area contributed by atoms with E-state index in [1.165, 1.54) is 6.20 Å². The Morgan fingerprint density at radius 2 is 2.00 bits per heavy atom. The Morgan fingerprint density at radius 1 is 1.38 bits per heavy atom. The van der Waals surface area contributed by atoms with Crippen molar-refractivity contribution in [1.29, 1.82) is 0 Å². The summed E-state index contributed by atoms with van der Waals surface area (Å²) in [6.07, 6.45) is 1.49. The molecule has 0 amide bonds. The minimum Gasteiger partial charge on any atom is -0.506 e. The van der Waals surface area contributed by atoms with Crippen molar-refractivity contribution in [1.82, 2.24) is 9.88 Å². The summed E-state index contributed by atoms with van der Waals surface area (Å²) in [6.45, 7) is 9.73. The Morgan fingerprint density at radius 3 is 2.44 bits per heavy atom. The van der Waals surface area contributed by atoms with E-state index in [9.17, 15) is 0 Å². The molecule has 1 aromatic rings. The average molecular weight is 222 g/mol. The number of nitrogens with zero attached hydrogens (tertiary/aromatic N) is 2. The number of hydrogen-bond acceptors (Lipinski definition) is 3. The van der Waals surface area contributed by atoms with Crippen molar-refractivity contribution < 1.29 is 5.11 Å². The number of aromatic hydroxyl groups is 1. The van der Waals surface area contributed by atoms with E-state index in [1.54, 1.807) is 6.07 Å². The van der Waals surface area contributed by atoms with Crippen molar-refractivity contribution in [3.8, 4) is 5.75 Å². The van der Waals surface area contributed by atoms with E-state index in [2.05, 4.69) is 44.6 Å². The zero-order valence-corrected chi connectivity index (χ0v) is 10.9. The van der Waals surface area contributed by atoms with Gasteiger partial charge in [-0.3, -0.25) is 9.88 Å². The van der Waals surface area contributed by atoms with Gasteiger partial charge in [-0.15, -0.1) is 0 Å². The van der Waals surface area contributed by atoms with E-state index >= 15 is 0 Å². The average Bonchev–Trinajstić information content (AvgIpc) is 2.19. The topological polar surface area (TPSA) is 36.4 Å². The van der Waals surface area contributed by atoms with Crippen LogP contribution in [0.1, 0.15) is 33.4 Å². The summed E-state index contributed by atoms with van der Waals surface area (Å²) in [5, 5.41) is 9.15. The van der Waals surface area contributed by atoms with Gasteiger partial charge in [0.1, 0.15) is 5.75 Å². The largest absolute Gasteiger partial charge is 0.506 e. The molecule has 0 bridgehead atoms. The number of pyridine rings is 1. The summed E-state index contributed by atoms with van der Waals surface area (Å²) in [4.78, 5) is 6.47. The van der Waals surface area contributed by atoms with Crippen LogP contribution < -0.4 is 0 Å². The van der Waals surface area contributed by atoms with Crippen LogP contribution >= 0.6 is 0 Å². The van der Waals surface area contributed by atoms with Crippen LogP contribution in [0.25, 0.3) is 0 Å². The maximum atomic E-state index is 9.15. The van der Waals surface area contributed by atoms with Crippen molar-refractivity contribution >= 4 is 0 Å². The minimum atomic E-state index is 0.218. The monoisotopic (exact) mass is 222 g/mol. The van der Waals surface area contributed by atoms with Gasteiger partial charge >= 0.3 is 0 Å². The maximum Gasteiger partial charge on any atom is 0.133 e. The fourth-order valence-electron chi connectivity index (χ4n) is 1.56. The molecule has 3 nitrogen and oxygen atoms in total. The lowest BCUT2D eigenvalue weighted by Crippen LogP contribution is -2.38. The Balaban J connectivity index is 2.64. The van der Waals surface area contributed by atoms with Crippen molar-refractivity contribution in [3.05, 3.63) is 24.0 Å². The Kier molecular flexibility index (Phi) is 3.92. The molecular formula is C13H22N2O. The zero-order valence-electron chi connectivity index (χ0n) is 10.9. The fourth-order valence-corrected chi connectivity index (χ4v) is 1.56. The molecule has 3 heteroatoms. The molecule has 1 N–H and O–H groups in total. The van der Waals surface area contributed by atoms with Gasteiger partial charge in [-0.25, -0.2) is 0 Å². The molecular weight excluding hydrogens is 200 g/mol. The highest BCUT2D eigenvalue weighted by Gasteiger charge is 2.23. The molecule has 90 valence electrons. The van der Waals surface area contributed by atoms with Crippen molar-refractivity contribution in [2.75, 3.05) is 7.05 Å². The van der Waals surface area contributed by atoms with E-state index in [0.29, 0.717) is 6.04 Å². The van der Waals surface area contributed by atoms with Gasteiger partial charge in [-0.1, -0.05) is 20.8 Å². The summed E-state index contributed by atoms with van der Waals surface area (Å²) in [5.41, 5.74) is 1.24. The highest BCUT2D eigenvalue weighted by molar-refractivity contribution is 5.17. The maximum absolute atomic E-state index is 9.15. The highest BCUT2D eigenvalue weighted by atomic mass is 16.3. The van der Waals surface area contributed by atoms with Crippen LogP contribution in [0.5, 0.6) is 5.75 Å². The van der Waals surface area contributed by atoms with E-state index in [4.69, 9.17) is 5.11 Å². The molecule has 1 heterocycles. The molecule has 0 fully saturated rings. The zero-order chi connectivity index (χ0) is 12.3. The first-order valence-corrected chi connectivity index (χ1v) is 5.65. The lowest BCUT2D eigenvalue weighted by molar-refractivity contribution is 0.133. The van der Waals surface area contributed by atoms with Crippen molar-refractivity contribution in [2.24, 2.45) is 5.41 Å². The number of aromatic nitrogens is 1. The molecule has 1 unspecified atom stereocenters. The van der Waals surface area contributed by atoms with Gasteiger partial charge in [0, 0.05) is 12.6 Å². The van der Waals surface area contributed by atoms with E-state index < -0.39 is 0 Å². The van der Waals surface area contributed by atoms with Gasteiger partial charge in [0.2, 0.25) is 0 Å². The molecule has 0 aromatic carbocycles. The highest BCUT2D eigenvalue weighted by Crippen LogP contribution is 2.23. The van der Waals surface area contributed by atoms with Crippen LogP contribution in [0.3, 0.4) is 0 Å². The first-order valence-electron chi connectivity index (χ1n) is 5.65. The van der Waals surface area contributed by atoms with E-state index in [1.807, 2.05) is 6.07 Å². The van der Waals surface area contributed by atoms with Crippen molar-refractivity contribution in [2.45, 2.75) is 40.3 Å². The van der Waals surface area contributed by atoms with Crippen LogP contribution in [0, 0.1) is 5.41 Å². The molecule has 0 saturated heterocycles. The fraction of sp³-hybridized carbons (Fsp3) is 0.615. The van der Waals surface area contributed by atoms with Gasteiger partial charge < -0.3 is 5.11 Å². The van der Waals surface area contributed by atoms with E-state index in [-0.39, 0.29) is 11.2 Å². The van der Waals surface area contributed by atoms with Crippen LogP contribution in [-0.2, 0) is 6.54 Å². The SMILES string of the molecule is CC(N(C)Cc1ccc(O)cn1)C(C)(C)C. The number of rotatable bonds is 3. The molecule has 1 aromatic heterocycles. The first-order chi connectivity index (χ1) is 7.30. The Bertz CT molecular complexity index is 327. The van der Waals surface area contributed by atoms with Gasteiger partial charge in [-0.2, -0.15) is 0 Å². The summed E-state index contributed by atoms with van der Waals surface area (Å²) in [7, 11) is 2.10. The van der Waals surface area contributed by atoms with Crippen LogP contribution in [0.2, 0.25) is 0 Å². The molecule has 1 rings (SSSR count). The predicted octanol–water partition coefficient (Wildman–Crippen LogP) is 2.65. The van der Waals surface area contributed by atoms with Gasteiger partial charge in [-0.05, 0) is 31.5 Å². The third-order valence-electron chi connectivity index (χ3n) is 3.14. The molecule has 16 heavy (non-hydrogen) atoms. The smallest absolute Gasteiger partial charge is 0.133 e. The lowest BCUT2D eigenvalue weighted by atomic mass is 9.87. The number of hydrogen-bond donors (Lipinski definition) is 1. The third kappa shape index (κ3) is 3.49. The quantitative estimate of drug-likeness (QED) is 0.854. The second-order valence-corrected chi connectivity index (χ2v) is 5.46. The summed E-state index contributed by atoms with van der Waals surface area (Å²) in [5.74, 6) is 0.218. The summed E-state index contributed by atoms with van der Waals surface area (Å²) >= 11 is 0. The third-order valence-corrected chi connectivity index (χ3v) is 3.14. The standard InChI is InChI=1S/C13H22N2O/c1-10(13(2,3)4)15(5)9-11-6-7-12(16)8-14-11/h6-8,10,16H,9H2,1-5H3. The van der Waals surface area contributed by atoms with Gasteiger partial charge in [0.25, 0.3) is 0 Å². The second kappa shape index (κ2) is 4.83. The van der Waals surface area contributed by atoms with Crippen LogP contribution in [0.15, 0.2) is 18.3 Å². The molecule has 0 saturated carbocycles. The second-order valence-electron chi connectivity index (χ2n) is 5.46. The van der Waals surface area contributed by atoms with Gasteiger partial charge in [0.05, 0.1) is 11.9 Å². The summed E-state index contributed by atoms with van der Waals surface area (Å²) < 4.78 is 0. The van der Waals surface area contributed by atoms with Crippen LogP contribution in [0.4, 0.5) is 0 Å². The molecule has 0 aliphatic rings.